The van der Waals surface area contributed by atoms with Crippen molar-refractivity contribution < 1.29 is 0 Å². The highest BCUT2D eigenvalue weighted by atomic mass is 15.3. The smallest absolute Gasteiger partial charge is 0.148 e. The van der Waals surface area contributed by atoms with Crippen LogP contribution in [-0.2, 0) is 19.5 Å². The van der Waals surface area contributed by atoms with Crippen molar-refractivity contribution in [3.63, 3.8) is 0 Å². The second-order valence-electron chi connectivity index (χ2n) is 9.15. The second kappa shape index (κ2) is 8.05. The number of piperidine rings is 1. The minimum absolute atomic E-state index is 0.322. The number of fused-ring (bicyclic) bond motifs is 1. The van der Waals surface area contributed by atoms with Gasteiger partial charge in [0, 0.05) is 49.2 Å². The number of rotatable bonds is 6. The van der Waals surface area contributed by atoms with E-state index in [0.29, 0.717) is 6.04 Å². The molecule has 2 aliphatic heterocycles. The summed E-state index contributed by atoms with van der Waals surface area (Å²) in [6, 6.07) is 0.322. The molecule has 0 bridgehead atoms. The Morgan fingerprint density at radius 3 is 2.76 bits per heavy atom. The molecule has 1 aliphatic carbocycles. The van der Waals surface area contributed by atoms with E-state index in [1.807, 2.05) is 10.9 Å². The highest BCUT2D eigenvalue weighted by Gasteiger charge is 2.32. The first-order chi connectivity index (χ1) is 14.2. The highest BCUT2D eigenvalue weighted by molar-refractivity contribution is 5.51. The Kier molecular flexibility index (Phi) is 5.29. The molecule has 2 aromatic rings. The van der Waals surface area contributed by atoms with Crippen molar-refractivity contribution in [2.24, 2.45) is 5.92 Å². The number of hydrogen-bond acceptors (Lipinski definition) is 5. The van der Waals surface area contributed by atoms with Crippen LogP contribution in [0.4, 0.5) is 5.82 Å². The minimum atomic E-state index is 0.322. The zero-order chi connectivity index (χ0) is 19.8. The molecule has 0 radical (unpaired) electrons. The van der Waals surface area contributed by atoms with Crippen LogP contribution in [0.25, 0.3) is 0 Å². The third-order valence-corrected chi connectivity index (χ3v) is 6.85. The van der Waals surface area contributed by atoms with Gasteiger partial charge in [-0.15, -0.1) is 0 Å². The summed E-state index contributed by atoms with van der Waals surface area (Å²) in [7, 11) is 0. The van der Waals surface area contributed by atoms with Crippen molar-refractivity contribution >= 4 is 5.82 Å². The quantitative estimate of drug-likeness (QED) is 0.744. The van der Waals surface area contributed by atoms with Crippen LogP contribution in [0.3, 0.4) is 0 Å². The van der Waals surface area contributed by atoms with E-state index in [4.69, 9.17) is 9.97 Å². The molecular formula is C23H34N6. The van der Waals surface area contributed by atoms with E-state index in [1.165, 1.54) is 61.3 Å². The fourth-order valence-corrected chi connectivity index (χ4v) is 5.02. The van der Waals surface area contributed by atoms with Crippen LogP contribution in [0.2, 0.25) is 0 Å². The number of nitrogens with zero attached hydrogens (tertiary/aromatic N) is 6. The SMILES string of the molecule is CCn1cc(CN2CCCC[C@@H]2c2nc(C)c3c(n2)N(CC2CC2)CCC3)cn1. The average Bonchev–Trinajstić information content (AvgIpc) is 3.44. The molecule has 6 heteroatoms. The van der Waals surface area contributed by atoms with E-state index < -0.39 is 0 Å². The molecule has 6 nitrogen and oxygen atoms in total. The molecule has 0 aromatic carbocycles. The van der Waals surface area contributed by atoms with Gasteiger partial charge in [-0.05, 0) is 64.8 Å². The van der Waals surface area contributed by atoms with Crippen molar-refractivity contribution in [3.8, 4) is 0 Å². The zero-order valence-corrected chi connectivity index (χ0v) is 18.0. The molecule has 2 aromatic heterocycles. The molecule has 0 unspecified atom stereocenters. The molecular weight excluding hydrogens is 360 g/mol. The van der Waals surface area contributed by atoms with Gasteiger partial charge in [-0.1, -0.05) is 6.42 Å². The number of aryl methyl sites for hydroxylation is 2. The third kappa shape index (κ3) is 4.04. The summed E-state index contributed by atoms with van der Waals surface area (Å²) in [6.07, 6.45) is 13.0. The number of hydrogen-bond donors (Lipinski definition) is 0. The standard InChI is InChI=1S/C23H34N6/c1-3-29-16-19(13-24-29)15-27-11-5-4-8-21(27)22-25-17(2)20-7-6-12-28(23(20)26-22)14-18-9-10-18/h13,16,18,21H,3-12,14-15H2,1-2H3/t21-/m1/s1. The monoisotopic (exact) mass is 394 g/mol. The minimum Gasteiger partial charge on any atom is -0.356 e. The topological polar surface area (TPSA) is 50.1 Å². The normalized spacial score (nSPS) is 22.7. The Morgan fingerprint density at radius 1 is 1.07 bits per heavy atom. The zero-order valence-electron chi connectivity index (χ0n) is 18.0. The van der Waals surface area contributed by atoms with E-state index in [1.54, 1.807) is 0 Å². The Hall–Kier alpha value is -1.95. The second-order valence-corrected chi connectivity index (χ2v) is 9.15. The molecule has 156 valence electrons. The van der Waals surface area contributed by atoms with Crippen molar-refractivity contribution in [2.75, 3.05) is 24.5 Å². The maximum absolute atomic E-state index is 5.23. The lowest BCUT2D eigenvalue weighted by Gasteiger charge is -2.36. The van der Waals surface area contributed by atoms with Gasteiger partial charge in [0.2, 0.25) is 0 Å². The molecule has 0 spiro atoms. The van der Waals surface area contributed by atoms with Crippen LogP contribution in [0, 0.1) is 12.8 Å². The van der Waals surface area contributed by atoms with Crippen molar-refractivity contribution in [1.82, 2.24) is 24.6 Å². The predicted octanol–water partition coefficient (Wildman–Crippen LogP) is 3.89. The van der Waals surface area contributed by atoms with Crippen molar-refractivity contribution in [3.05, 3.63) is 35.0 Å². The molecule has 0 N–H and O–H groups in total. The van der Waals surface area contributed by atoms with E-state index >= 15 is 0 Å². The number of anilines is 1. The van der Waals surface area contributed by atoms with Gasteiger partial charge in [0.05, 0.1) is 12.2 Å². The predicted molar refractivity (Wildman–Crippen MR) is 115 cm³/mol. The Morgan fingerprint density at radius 2 is 1.97 bits per heavy atom. The number of aromatic nitrogens is 4. The number of likely N-dealkylation sites (tertiary alicyclic amines) is 1. The Labute approximate surface area is 174 Å². The molecule has 1 atom stereocenters. The lowest BCUT2D eigenvalue weighted by Crippen LogP contribution is -2.36. The first-order valence-electron chi connectivity index (χ1n) is 11.6. The van der Waals surface area contributed by atoms with Gasteiger partial charge in [-0.3, -0.25) is 9.58 Å². The summed E-state index contributed by atoms with van der Waals surface area (Å²) < 4.78 is 2.02. The summed E-state index contributed by atoms with van der Waals surface area (Å²) in [6.45, 7) is 9.66. The summed E-state index contributed by atoms with van der Waals surface area (Å²) in [5, 5.41) is 4.47. The van der Waals surface area contributed by atoms with Crippen molar-refractivity contribution in [1.29, 1.82) is 0 Å². The van der Waals surface area contributed by atoms with Crippen LogP contribution >= 0.6 is 0 Å². The van der Waals surface area contributed by atoms with E-state index in [2.05, 4.69) is 34.9 Å². The molecule has 3 aliphatic rings. The third-order valence-electron chi connectivity index (χ3n) is 6.85. The van der Waals surface area contributed by atoms with Gasteiger partial charge in [-0.2, -0.15) is 5.10 Å². The molecule has 5 rings (SSSR count). The molecule has 29 heavy (non-hydrogen) atoms. The summed E-state index contributed by atoms with van der Waals surface area (Å²) in [4.78, 5) is 15.4. The van der Waals surface area contributed by atoms with Gasteiger partial charge >= 0.3 is 0 Å². The van der Waals surface area contributed by atoms with Gasteiger partial charge in [-0.25, -0.2) is 9.97 Å². The fraction of sp³-hybridized carbons (Fsp3) is 0.696. The van der Waals surface area contributed by atoms with Gasteiger partial charge < -0.3 is 4.90 Å². The van der Waals surface area contributed by atoms with E-state index in [0.717, 1.165) is 50.8 Å². The molecule has 1 saturated carbocycles. The van der Waals surface area contributed by atoms with E-state index in [9.17, 15) is 0 Å². The maximum atomic E-state index is 5.23. The Balaban J connectivity index is 1.42. The summed E-state index contributed by atoms with van der Waals surface area (Å²) >= 11 is 0. The lowest BCUT2D eigenvalue weighted by molar-refractivity contribution is 0.133. The van der Waals surface area contributed by atoms with Crippen LogP contribution in [0.5, 0.6) is 0 Å². The molecule has 1 saturated heterocycles. The maximum Gasteiger partial charge on any atom is 0.148 e. The van der Waals surface area contributed by atoms with Crippen LogP contribution in [-0.4, -0.2) is 44.3 Å². The van der Waals surface area contributed by atoms with Crippen LogP contribution in [0.15, 0.2) is 12.4 Å². The highest BCUT2D eigenvalue weighted by Crippen LogP contribution is 2.37. The van der Waals surface area contributed by atoms with Gasteiger partial charge in [0.15, 0.2) is 0 Å². The molecule has 4 heterocycles. The fourth-order valence-electron chi connectivity index (χ4n) is 5.02. The first kappa shape index (κ1) is 19.0. The Bertz CT molecular complexity index is 855. The first-order valence-corrected chi connectivity index (χ1v) is 11.6. The summed E-state index contributed by atoms with van der Waals surface area (Å²) in [5.74, 6) is 3.18. The lowest BCUT2D eigenvalue weighted by atomic mass is 9.99. The van der Waals surface area contributed by atoms with Gasteiger partial charge in [0.25, 0.3) is 0 Å². The molecule has 0 amide bonds. The molecule has 2 fully saturated rings. The van der Waals surface area contributed by atoms with Crippen LogP contribution < -0.4 is 4.90 Å². The van der Waals surface area contributed by atoms with Gasteiger partial charge in [0.1, 0.15) is 11.6 Å². The van der Waals surface area contributed by atoms with Crippen molar-refractivity contribution in [2.45, 2.75) is 77.9 Å². The van der Waals surface area contributed by atoms with E-state index in [-0.39, 0.29) is 0 Å². The average molecular weight is 395 g/mol. The van der Waals surface area contributed by atoms with Crippen LogP contribution in [0.1, 0.15) is 74.1 Å². The summed E-state index contributed by atoms with van der Waals surface area (Å²) in [5.41, 5.74) is 3.89. The largest absolute Gasteiger partial charge is 0.356 e.